The molecule has 26 heavy (non-hydrogen) atoms. The first kappa shape index (κ1) is 17.6. The summed E-state index contributed by atoms with van der Waals surface area (Å²) in [7, 11) is 0. The second kappa shape index (κ2) is 7.35. The molecule has 3 rings (SSSR count). The first-order valence-electron chi connectivity index (χ1n) is 8.34. The average molecular weight is 353 g/mol. The zero-order valence-electron chi connectivity index (χ0n) is 14.4. The van der Waals surface area contributed by atoms with E-state index in [1.54, 1.807) is 4.90 Å². The molecule has 0 aromatic heterocycles. The van der Waals surface area contributed by atoms with E-state index in [2.05, 4.69) is 4.90 Å². The van der Waals surface area contributed by atoms with Crippen LogP contribution in [-0.2, 0) is 0 Å². The molecule has 0 saturated carbocycles. The van der Waals surface area contributed by atoms with E-state index >= 15 is 0 Å². The number of nitro groups is 1. The van der Waals surface area contributed by atoms with Crippen molar-refractivity contribution in [1.82, 2.24) is 4.90 Å². The van der Waals surface area contributed by atoms with Crippen LogP contribution in [0.2, 0.25) is 0 Å². The van der Waals surface area contributed by atoms with E-state index in [1.165, 1.54) is 24.3 Å². The molecule has 1 heterocycles. The van der Waals surface area contributed by atoms with Crippen LogP contribution in [0.5, 0.6) is 0 Å². The minimum absolute atomic E-state index is 0.0273. The largest absolute Gasteiger partial charge is 0.368 e. The smallest absolute Gasteiger partial charge is 0.269 e. The zero-order chi connectivity index (χ0) is 18.7. The number of benzene rings is 2. The SMILES string of the molecule is Cc1cc(N2CCN(C(=O)c3ccc([N+](=O)[O-])cc3)CC2)ccc1C=O. The molecule has 1 fully saturated rings. The van der Waals surface area contributed by atoms with Crippen LogP contribution in [0.1, 0.15) is 26.3 Å². The summed E-state index contributed by atoms with van der Waals surface area (Å²) in [5.74, 6) is -0.118. The molecule has 0 bridgehead atoms. The van der Waals surface area contributed by atoms with Crippen molar-refractivity contribution in [2.24, 2.45) is 0 Å². The number of aldehydes is 1. The van der Waals surface area contributed by atoms with Gasteiger partial charge in [0.25, 0.3) is 11.6 Å². The molecule has 0 radical (unpaired) electrons. The van der Waals surface area contributed by atoms with Crippen LogP contribution in [0.15, 0.2) is 42.5 Å². The molecule has 1 amide bonds. The van der Waals surface area contributed by atoms with Gasteiger partial charge in [-0.25, -0.2) is 0 Å². The van der Waals surface area contributed by atoms with Gasteiger partial charge in [-0.05, 0) is 42.8 Å². The zero-order valence-corrected chi connectivity index (χ0v) is 14.4. The molecule has 0 aliphatic carbocycles. The van der Waals surface area contributed by atoms with E-state index in [0.717, 1.165) is 17.5 Å². The Kier molecular flexibility index (Phi) is 4.97. The van der Waals surface area contributed by atoms with Gasteiger partial charge in [-0.1, -0.05) is 0 Å². The van der Waals surface area contributed by atoms with Crippen LogP contribution < -0.4 is 4.90 Å². The molecular formula is C19H19N3O4. The minimum atomic E-state index is -0.481. The quantitative estimate of drug-likeness (QED) is 0.479. The first-order valence-corrected chi connectivity index (χ1v) is 8.34. The molecule has 2 aromatic carbocycles. The molecule has 7 heteroatoms. The summed E-state index contributed by atoms with van der Waals surface area (Å²) in [4.78, 5) is 37.7. The predicted octanol–water partition coefficient (Wildman–Crippen LogP) is 2.68. The molecule has 0 spiro atoms. The lowest BCUT2D eigenvalue weighted by Crippen LogP contribution is -2.48. The van der Waals surface area contributed by atoms with Crippen LogP contribution in [0, 0.1) is 17.0 Å². The van der Waals surface area contributed by atoms with E-state index in [4.69, 9.17) is 0 Å². The molecule has 134 valence electrons. The topological polar surface area (TPSA) is 83.8 Å². The number of amides is 1. The number of non-ortho nitro benzene ring substituents is 1. The lowest BCUT2D eigenvalue weighted by Gasteiger charge is -2.36. The number of nitro benzene ring substituents is 1. The van der Waals surface area contributed by atoms with Crippen molar-refractivity contribution >= 4 is 23.6 Å². The highest BCUT2D eigenvalue weighted by Crippen LogP contribution is 2.21. The number of carbonyl (C=O) groups is 2. The Labute approximate surface area is 151 Å². The number of rotatable bonds is 4. The highest BCUT2D eigenvalue weighted by Gasteiger charge is 2.23. The number of piperazine rings is 1. The Balaban J connectivity index is 1.64. The lowest BCUT2D eigenvalue weighted by molar-refractivity contribution is -0.384. The summed E-state index contributed by atoms with van der Waals surface area (Å²) in [6.45, 7) is 4.44. The van der Waals surface area contributed by atoms with Gasteiger partial charge >= 0.3 is 0 Å². The first-order chi connectivity index (χ1) is 12.5. The number of anilines is 1. The second-order valence-electron chi connectivity index (χ2n) is 6.24. The second-order valence-corrected chi connectivity index (χ2v) is 6.24. The molecule has 0 N–H and O–H groups in total. The van der Waals surface area contributed by atoms with Gasteiger partial charge in [0.1, 0.15) is 6.29 Å². The van der Waals surface area contributed by atoms with Crippen molar-refractivity contribution in [3.63, 3.8) is 0 Å². The van der Waals surface area contributed by atoms with Crippen LogP contribution in [-0.4, -0.2) is 48.2 Å². The standard InChI is InChI=1S/C19H19N3O4/c1-14-12-18(7-4-16(14)13-23)20-8-10-21(11-9-20)19(24)15-2-5-17(6-3-15)22(25)26/h2-7,12-13H,8-11H2,1H3. The van der Waals surface area contributed by atoms with Gasteiger partial charge in [0.15, 0.2) is 0 Å². The third-order valence-corrected chi connectivity index (χ3v) is 4.64. The number of hydrogen-bond acceptors (Lipinski definition) is 5. The summed E-state index contributed by atoms with van der Waals surface area (Å²) in [5, 5.41) is 10.7. The van der Waals surface area contributed by atoms with Gasteiger partial charge in [-0.2, -0.15) is 0 Å². The van der Waals surface area contributed by atoms with Crippen molar-refractivity contribution < 1.29 is 14.5 Å². The summed E-state index contributed by atoms with van der Waals surface area (Å²) in [6, 6.07) is 11.4. The Morgan fingerprint density at radius 3 is 2.27 bits per heavy atom. The van der Waals surface area contributed by atoms with E-state index < -0.39 is 4.92 Å². The van der Waals surface area contributed by atoms with Crippen molar-refractivity contribution in [3.8, 4) is 0 Å². The highest BCUT2D eigenvalue weighted by atomic mass is 16.6. The summed E-state index contributed by atoms with van der Waals surface area (Å²) in [6.07, 6.45) is 0.847. The molecule has 1 aliphatic rings. The normalized spacial score (nSPS) is 14.2. The van der Waals surface area contributed by atoms with Crippen LogP contribution in [0.4, 0.5) is 11.4 Å². The average Bonchev–Trinajstić information content (AvgIpc) is 2.67. The van der Waals surface area contributed by atoms with Crippen LogP contribution >= 0.6 is 0 Å². The van der Waals surface area contributed by atoms with Crippen molar-refractivity contribution in [2.45, 2.75) is 6.92 Å². The number of aryl methyl sites for hydroxylation is 1. The van der Waals surface area contributed by atoms with Crippen LogP contribution in [0.25, 0.3) is 0 Å². The van der Waals surface area contributed by atoms with Gasteiger partial charge in [-0.15, -0.1) is 0 Å². The third-order valence-electron chi connectivity index (χ3n) is 4.64. The van der Waals surface area contributed by atoms with E-state index in [-0.39, 0.29) is 11.6 Å². The minimum Gasteiger partial charge on any atom is -0.368 e. The van der Waals surface area contributed by atoms with Gasteiger partial charge < -0.3 is 9.80 Å². The fourth-order valence-corrected chi connectivity index (χ4v) is 3.06. The summed E-state index contributed by atoms with van der Waals surface area (Å²) >= 11 is 0. The maximum Gasteiger partial charge on any atom is 0.269 e. The molecule has 0 unspecified atom stereocenters. The van der Waals surface area contributed by atoms with Crippen molar-refractivity contribution in [2.75, 3.05) is 31.1 Å². The summed E-state index contributed by atoms with van der Waals surface area (Å²) in [5.41, 5.74) is 3.08. The molecular weight excluding hydrogens is 334 g/mol. The maximum atomic E-state index is 12.6. The van der Waals surface area contributed by atoms with E-state index in [9.17, 15) is 19.7 Å². The molecule has 0 atom stereocenters. The Bertz CT molecular complexity index is 840. The van der Waals surface area contributed by atoms with E-state index in [0.29, 0.717) is 37.3 Å². The third kappa shape index (κ3) is 3.56. The van der Waals surface area contributed by atoms with Crippen LogP contribution in [0.3, 0.4) is 0 Å². The lowest BCUT2D eigenvalue weighted by atomic mass is 10.1. The highest BCUT2D eigenvalue weighted by molar-refractivity contribution is 5.94. The Morgan fingerprint density at radius 1 is 1.08 bits per heavy atom. The Morgan fingerprint density at radius 2 is 1.73 bits per heavy atom. The summed E-state index contributed by atoms with van der Waals surface area (Å²) < 4.78 is 0. The molecule has 1 saturated heterocycles. The van der Waals surface area contributed by atoms with Crippen molar-refractivity contribution in [3.05, 3.63) is 69.3 Å². The van der Waals surface area contributed by atoms with Gasteiger partial charge in [-0.3, -0.25) is 19.7 Å². The van der Waals surface area contributed by atoms with E-state index in [1.807, 2.05) is 25.1 Å². The number of hydrogen-bond donors (Lipinski definition) is 0. The predicted molar refractivity (Wildman–Crippen MR) is 97.8 cm³/mol. The van der Waals surface area contributed by atoms with Gasteiger partial charge in [0.2, 0.25) is 0 Å². The number of nitrogens with zero attached hydrogens (tertiary/aromatic N) is 3. The molecule has 7 nitrogen and oxygen atoms in total. The van der Waals surface area contributed by atoms with Crippen molar-refractivity contribution in [1.29, 1.82) is 0 Å². The van der Waals surface area contributed by atoms with Gasteiger partial charge in [0.05, 0.1) is 4.92 Å². The Hall–Kier alpha value is -3.22. The fourth-order valence-electron chi connectivity index (χ4n) is 3.06. The van der Waals surface area contributed by atoms with Gasteiger partial charge in [0, 0.05) is 55.1 Å². The number of carbonyl (C=O) groups excluding carboxylic acids is 2. The fraction of sp³-hybridized carbons (Fsp3) is 0.263. The molecule has 2 aromatic rings. The maximum absolute atomic E-state index is 12.6. The molecule has 1 aliphatic heterocycles. The monoisotopic (exact) mass is 353 g/mol.